The van der Waals surface area contributed by atoms with Gasteiger partial charge in [0.15, 0.2) is 4.34 Å². The summed E-state index contributed by atoms with van der Waals surface area (Å²) in [5.74, 6) is 0.656. The van der Waals surface area contributed by atoms with Gasteiger partial charge in [0.2, 0.25) is 11.0 Å². The quantitative estimate of drug-likeness (QED) is 0.830. The van der Waals surface area contributed by atoms with Gasteiger partial charge in [-0.05, 0) is 37.1 Å². The number of nitrogens with zero attached hydrogens (tertiary/aromatic N) is 2. The number of aromatic nitrogens is 2. The third-order valence-electron chi connectivity index (χ3n) is 2.77. The molecule has 1 aromatic heterocycles. The maximum atomic E-state index is 11.8. The fourth-order valence-corrected chi connectivity index (χ4v) is 3.20. The molecule has 2 aromatic rings. The number of hydrogen-bond acceptors (Lipinski definition) is 6. The number of benzene rings is 1. The molecule has 0 spiro atoms. The van der Waals surface area contributed by atoms with Gasteiger partial charge in [-0.15, -0.1) is 10.2 Å². The number of hydrogen-bond donors (Lipinski definition) is 2. The Balaban J connectivity index is 1.79. The Bertz CT molecular complexity index is 612. The van der Waals surface area contributed by atoms with Crippen LogP contribution < -0.4 is 11.1 Å². The molecule has 1 aromatic carbocycles. The minimum Gasteiger partial charge on any atom is -0.374 e. The second-order valence-electron chi connectivity index (χ2n) is 4.35. The lowest BCUT2D eigenvalue weighted by Gasteiger charge is -2.07. The van der Waals surface area contributed by atoms with Gasteiger partial charge < -0.3 is 11.1 Å². The smallest absolute Gasteiger partial charge is 0.225 e. The number of anilines is 2. The van der Waals surface area contributed by atoms with Gasteiger partial charge in [0.1, 0.15) is 0 Å². The highest BCUT2D eigenvalue weighted by molar-refractivity contribution is 8.01. The van der Waals surface area contributed by atoms with Gasteiger partial charge >= 0.3 is 0 Å². The number of amides is 1. The molecule has 0 aliphatic rings. The molecule has 0 aliphatic carbocycles. The van der Waals surface area contributed by atoms with Crippen LogP contribution >= 0.6 is 23.1 Å². The molecule has 0 saturated carbocycles. The van der Waals surface area contributed by atoms with E-state index in [1.165, 1.54) is 34.2 Å². The topological polar surface area (TPSA) is 80.9 Å². The number of rotatable bonds is 5. The van der Waals surface area contributed by atoms with Crippen LogP contribution in [-0.2, 0) is 4.79 Å². The molecule has 3 N–H and O–H groups in total. The minimum atomic E-state index is -0.00163. The van der Waals surface area contributed by atoms with Crippen molar-refractivity contribution in [3.8, 4) is 0 Å². The SMILES string of the molecule is Cc1ccc(NC(=O)CCSc2nnc(N)s2)cc1C. The minimum absolute atomic E-state index is 0.00163. The predicted molar refractivity (Wildman–Crippen MR) is 84.2 cm³/mol. The maximum absolute atomic E-state index is 11.8. The number of carbonyl (C=O) groups is 1. The van der Waals surface area contributed by atoms with Crippen molar-refractivity contribution >= 4 is 39.8 Å². The van der Waals surface area contributed by atoms with Crippen LogP contribution in [0.3, 0.4) is 0 Å². The second-order valence-corrected chi connectivity index (χ2v) is 6.70. The average Bonchev–Trinajstić information content (AvgIpc) is 2.80. The van der Waals surface area contributed by atoms with Crippen molar-refractivity contribution in [2.45, 2.75) is 24.6 Å². The lowest BCUT2D eigenvalue weighted by Crippen LogP contribution is -2.12. The summed E-state index contributed by atoms with van der Waals surface area (Å²) in [6.45, 7) is 4.08. The predicted octanol–water partition coefficient (Wildman–Crippen LogP) is 2.86. The van der Waals surface area contributed by atoms with Crippen molar-refractivity contribution in [1.82, 2.24) is 10.2 Å². The van der Waals surface area contributed by atoms with E-state index in [-0.39, 0.29) is 5.91 Å². The van der Waals surface area contributed by atoms with E-state index in [1.807, 2.05) is 32.0 Å². The van der Waals surface area contributed by atoms with Gasteiger partial charge in [-0.1, -0.05) is 29.2 Å². The van der Waals surface area contributed by atoms with Crippen LogP contribution in [0.5, 0.6) is 0 Å². The molecule has 0 fully saturated rings. The van der Waals surface area contributed by atoms with Crippen molar-refractivity contribution in [2.75, 3.05) is 16.8 Å². The fourth-order valence-electron chi connectivity index (χ4n) is 1.55. The Morgan fingerprint density at radius 3 is 2.80 bits per heavy atom. The monoisotopic (exact) mass is 308 g/mol. The van der Waals surface area contributed by atoms with Crippen LogP contribution in [0.4, 0.5) is 10.8 Å². The standard InChI is InChI=1S/C13H16N4OS2/c1-8-3-4-10(7-9(8)2)15-11(18)5-6-19-13-17-16-12(14)20-13/h3-4,7H,5-6H2,1-2H3,(H2,14,16)(H,15,18). The Morgan fingerprint density at radius 2 is 2.15 bits per heavy atom. The summed E-state index contributed by atoms with van der Waals surface area (Å²) in [5, 5.41) is 11.0. The largest absolute Gasteiger partial charge is 0.374 e. The second kappa shape index (κ2) is 6.71. The number of thioether (sulfide) groups is 1. The molecule has 20 heavy (non-hydrogen) atoms. The summed E-state index contributed by atoms with van der Waals surface area (Å²) in [7, 11) is 0. The van der Waals surface area contributed by atoms with Crippen molar-refractivity contribution in [1.29, 1.82) is 0 Å². The van der Waals surface area contributed by atoms with Crippen molar-refractivity contribution in [2.24, 2.45) is 0 Å². The lowest BCUT2D eigenvalue weighted by atomic mass is 10.1. The number of nitrogens with two attached hydrogens (primary N) is 1. The van der Waals surface area contributed by atoms with Crippen molar-refractivity contribution < 1.29 is 4.79 Å². The lowest BCUT2D eigenvalue weighted by molar-refractivity contribution is -0.115. The first-order chi connectivity index (χ1) is 9.54. The highest BCUT2D eigenvalue weighted by atomic mass is 32.2. The number of nitrogen functional groups attached to an aromatic ring is 1. The summed E-state index contributed by atoms with van der Waals surface area (Å²) >= 11 is 2.82. The third kappa shape index (κ3) is 4.21. The zero-order valence-electron chi connectivity index (χ0n) is 11.3. The summed E-state index contributed by atoms with van der Waals surface area (Å²) in [6.07, 6.45) is 0.428. The van der Waals surface area contributed by atoms with Crippen molar-refractivity contribution in [3.05, 3.63) is 29.3 Å². The Labute approximate surface area is 126 Å². The molecule has 106 valence electrons. The normalized spacial score (nSPS) is 10.5. The Kier molecular flexibility index (Phi) is 4.97. The van der Waals surface area contributed by atoms with Crippen LogP contribution in [0.2, 0.25) is 0 Å². The van der Waals surface area contributed by atoms with E-state index in [2.05, 4.69) is 15.5 Å². The number of aryl methyl sites for hydroxylation is 2. The first kappa shape index (κ1) is 14.8. The van der Waals surface area contributed by atoms with Gasteiger partial charge in [0.25, 0.3) is 0 Å². The van der Waals surface area contributed by atoms with E-state index in [0.717, 1.165) is 10.0 Å². The van der Waals surface area contributed by atoms with Crippen LogP contribution in [0.25, 0.3) is 0 Å². The molecule has 5 nitrogen and oxygen atoms in total. The summed E-state index contributed by atoms with van der Waals surface area (Å²) in [6, 6.07) is 5.90. The highest BCUT2D eigenvalue weighted by Gasteiger charge is 2.06. The molecule has 0 saturated heterocycles. The molecule has 2 rings (SSSR count). The Hall–Kier alpha value is -1.60. The van der Waals surface area contributed by atoms with E-state index in [9.17, 15) is 4.79 Å². The summed E-state index contributed by atoms with van der Waals surface area (Å²) in [5.41, 5.74) is 8.71. The van der Waals surface area contributed by atoms with Crippen molar-refractivity contribution in [3.63, 3.8) is 0 Å². The molecule has 1 heterocycles. The van der Waals surface area contributed by atoms with Crippen LogP contribution in [0, 0.1) is 13.8 Å². The third-order valence-corrected chi connectivity index (χ3v) is 4.65. The number of nitrogens with one attached hydrogen (secondary N) is 1. The molecule has 0 radical (unpaired) electrons. The molecular weight excluding hydrogens is 292 g/mol. The molecular formula is C13H16N4OS2. The first-order valence-electron chi connectivity index (χ1n) is 6.13. The van der Waals surface area contributed by atoms with Gasteiger partial charge in [0.05, 0.1) is 0 Å². The maximum Gasteiger partial charge on any atom is 0.225 e. The van der Waals surface area contributed by atoms with E-state index in [1.54, 1.807) is 0 Å². The van der Waals surface area contributed by atoms with Crippen LogP contribution in [0.1, 0.15) is 17.5 Å². The van der Waals surface area contributed by atoms with E-state index in [0.29, 0.717) is 17.3 Å². The first-order valence-corrected chi connectivity index (χ1v) is 7.93. The molecule has 7 heteroatoms. The van der Waals surface area contributed by atoms with E-state index >= 15 is 0 Å². The number of carbonyl (C=O) groups excluding carboxylic acids is 1. The summed E-state index contributed by atoms with van der Waals surface area (Å²) < 4.78 is 0.793. The summed E-state index contributed by atoms with van der Waals surface area (Å²) in [4.78, 5) is 11.8. The zero-order chi connectivity index (χ0) is 14.5. The van der Waals surface area contributed by atoms with Gasteiger partial charge in [0, 0.05) is 17.9 Å². The van der Waals surface area contributed by atoms with Crippen LogP contribution in [-0.4, -0.2) is 21.9 Å². The molecule has 0 atom stereocenters. The fraction of sp³-hybridized carbons (Fsp3) is 0.308. The van der Waals surface area contributed by atoms with Gasteiger partial charge in [-0.2, -0.15) is 0 Å². The Morgan fingerprint density at radius 1 is 1.35 bits per heavy atom. The molecule has 0 unspecified atom stereocenters. The zero-order valence-corrected chi connectivity index (χ0v) is 13.0. The highest BCUT2D eigenvalue weighted by Crippen LogP contribution is 2.24. The molecule has 1 amide bonds. The van der Waals surface area contributed by atoms with E-state index < -0.39 is 0 Å². The van der Waals surface area contributed by atoms with Crippen LogP contribution in [0.15, 0.2) is 22.5 Å². The van der Waals surface area contributed by atoms with Gasteiger partial charge in [-0.25, -0.2) is 0 Å². The molecule has 0 bridgehead atoms. The average molecular weight is 308 g/mol. The van der Waals surface area contributed by atoms with Gasteiger partial charge in [-0.3, -0.25) is 4.79 Å². The van der Waals surface area contributed by atoms with E-state index in [4.69, 9.17) is 5.73 Å². The molecule has 0 aliphatic heterocycles.